The first kappa shape index (κ1) is 12.8. The van der Waals surface area contributed by atoms with E-state index in [4.69, 9.17) is 5.73 Å². The van der Waals surface area contributed by atoms with E-state index < -0.39 is 5.91 Å². The fourth-order valence-corrected chi connectivity index (χ4v) is 1.77. The van der Waals surface area contributed by atoms with Crippen molar-refractivity contribution in [2.24, 2.45) is 10.7 Å². The van der Waals surface area contributed by atoms with Gasteiger partial charge in [-0.1, -0.05) is 12.1 Å². The standard InChI is InChI=1S/C14H14N4O/c1-16-12-5-3-4-6-13(12)18(2)11-7-10(14(15)19)8-17-9-11/h3-9H,1H2,2H3,(H2,15,19). The van der Waals surface area contributed by atoms with Gasteiger partial charge in [0.25, 0.3) is 0 Å². The van der Waals surface area contributed by atoms with Crippen LogP contribution in [0, 0.1) is 0 Å². The van der Waals surface area contributed by atoms with Gasteiger partial charge in [0.2, 0.25) is 5.91 Å². The Kier molecular flexibility index (Phi) is 3.56. The van der Waals surface area contributed by atoms with Gasteiger partial charge in [-0.15, -0.1) is 0 Å². The molecule has 1 amide bonds. The average molecular weight is 254 g/mol. The predicted molar refractivity (Wildman–Crippen MR) is 76.5 cm³/mol. The number of carbonyl (C=O) groups is 1. The molecule has 19 heavy (non-hydrogen) atoms. The highest BCUT2D eigenvalue weighted by atomic mass is 16.1. The summed E-state index contributed by atoms with van der Waals surface area (Å²) in [6.07, 6.45) is 3.10. The van der Waals surface area contributed by atoms with E-state index in [1.807, 2.05) is 36.2 Å². The number of carbonyl (C=O) groups excluding carboxylic acids is 1. The third-order valence-corrected chi connectivity index (χ3v) is 2.81. The number of hydrogen-bond donors (Lipinski definition) is 1. The topological polar surface area (TPSA) is 71.6 Å². The molecule has 1 heterocycles. The first-order valence-electron chi connectivity index (χ1n) is 5.68. The van der Waals surface area contributed by atoms with E-state index >= 15 is 0 Å². The van der Waals surface area contributed by atoms with Crippen molar-refractivity contribution in [3.8, 4) is 0 Å². The lowest BCUT2D eigenvalue weighted by Gasteiger charge is -2.20. The predicted octanol–water partition coefficient (Wildman–Crippen LogP) is 2.28. The number of anilines is 2. The third-order valence-electron chi connectivity index (χ3n) is 2.81. The Bertz CT molecular complexity index is 624. The molecule has 0 atom stereocenters. The van der Waals surface area contributed by atoms with E-state index in [-0.39, 0.29) is 0 Å². The summed E-state index contributed by atoms with van der Waals surface area (Å²) < 4.78 is 0. The Hall–Kier alpha value is -2.69. The van der Waals surface area contributed by atoms with E-state index in [9.17, 15) is 4.79 Å². The molecule has 0 saturated heterocycles. The molecular weight excluding hydrogens is 240 g/mol. The number of aliphatic imine (C=N–C) groups is 1. The molecule has 5 nitrogen and oxygen atoms in total. The molecule has 2 aromatic rings. The Labute approximate surface area is 111 Å². The molecule has 0 aliphatic heterocycles. The van der Waals surface area contributed by atoms with Crippen LogP contribution >= 0.6 is 0 Å². The highest BCUT2D eigenvalue weighted by Gasteiger charge is 2.10. The van der Waals surface area contributed by atoms with Crippen LogP contribution in [0.15, 0.2) is 47.7 Å². The summed E-state index contributed by atoms with van der Waals surface area (Å²) in [6, 6.07) is 9.27. The van der Waals surface area contributed by atoms with Crippen LogP contribution < -0.4 is 10.6 Å². The summed E-state index contributed by atoms with van der Waals surface area (Å²) in [6.45, 7) is 3.55. The molecule has 0 aliphatic rings. The third kappa shape index (κ3) is 2.60. The zero-order valence-corrected chi connectivity index (χ0v) is 10.6. The summed E-state index contributed by atoms with van der Waals surface area (Å²) in [5, 5.41) is 0. The highest BCUT2D eigenvalue weighted by Crippen LogP contribution is 2.31. The van der Waals surface area contributed by atoms with Gasteiger partial charge in [0, 0.05) is 13.2 Å². The second kappa shape index (κ2) is 5.30. The van der Waals surface area contributed by atoms with Crippen LogP contribution in [0.4, 0.5) is 17.1 Å². The summed E-state index contributed by atoms with van der Waals surface area (Å²) >= 11 is 0. The fraction of sp³-hybridized carbons (Fsp3) is 0.0714. The molecule has 0 aliphatic carbocycles. The van der Waals surface area contributed by atoms with Crippen molar-refractivity contribution in [2.45, 2.75) is 0 Å². The lowest BCUT2D eigenvalue weighted by Crippen LogP contribution is -2.14. The first-order valence-corrected chi connectivity index (χ1v) is 5.68. The zero-order chi connectivity index (χ0) is 13.8. The molecule has 1 aromatic heterocycles. The summed E-state index contributed by atoms with van der Waals surface area (Å²) in [5.74, 6) is -0.502. The number of amides is 1. The average Bonchev–Trinajstić information content (AvgIpc) is 2.46. The van der Waals surface area contributed by atoms with Gasteiger partial charge in [-0.3, -0.25) is 14.8 Å². The van der Waals surface area contributed by atoms with Gasteiger partial charge in [-0.05, 0) is 24.9 Å². The van der Waals surface area contributed by atoms with Crippen molar-refractivity contribution in [2.75, 3.05) is 11.9 Å². The molecular formula is C14H14N4O. The van der Waals surface area contributed by atoms with Crippen LogP contribution in [-0.2, 0) is 0 Å². The normalized spacial score (nSPS) is 9.95. The van der Waals surface area contributed by atoms with Crippen molar-refractivity contribution in [1.29, 1.82) is 0 Å². The summed E-state index contributed by atoms with van der Waals surface area (Å²) in [7, 11) is 1.87. The molecule has 0 unspecified atom stereocenters. The quantitative estimate of drug-likeness (QED) is 0.851. The van der Waals surface area contributed by atoms with Gasteiger partial charge >= 0.3 is 0 Å². The number of aromatic nitrogens is 1. The Morgan fingerprint density at radius 2 is 2.11 bits per heavy atom. The van der Waals surface area contributed by atoms with Gasteiger partial charge in [0.15, 0.2) is 0 Å². The molecule has 0 saturated carbocycles. The molecule has 5 heteroatoms. The molecule has 2 N–H and O–H groups in total. The number of pyridine rings is 1. The Balaban J connectivity index is 2.43. The smallest absolute Gasteiger partial charge is 0.250 e. The second-order valence-electron chi connectivity index (χ2n) is 4.00. The van der Waals surface area contributed by atoms with Gasteiger partial charge < -0.3 is 10.6 Å². The minimum Gasteiger partial charge on any atom is -0.366 e. The van der Waals surface area contributed by atoms with Crippen molar-refractivity contribution in [3.63, 3.8) is 0 Å². The first-order chi connectivity index (χ1) is 9.13. The van der Waals surface area contributed by atoms with Crippen LogP contribution in [0.5, 0.6) is 0 Å². The largest absolute Gasteiger partial charge is 0.366 e. The lowest BCUT2D eigenvalue weighted by atomic mass is 10.2. The molecule has 96 valence electrons. The maximum absolute atomic E-state index is 11.2. The van der Waals surface area contributed by atoms with Crippen LogP contribution in [0.25, 0.3) is 0 Å². The lowest BCUT2D eigenvalue weighted by molar-refractivity contribution is 0.1000. The van der Waals surface area contributed by atoms with Crippen LogP contribution in [0.2, 0.25) is 0 Å². The molecule has 0 radical (unpaired) electrons. The van der Waals surface area contributed by atoms with Crippen molar-refractivity contribution >= 4 is 29.7 Å². The van der Waals surface area contributed by atoms with Gasteiger partial charge in [-0.2, -0.15) is 0 Å². The van der Waals surface area contributed by atoms with Gasteiger partial charge in [0.05, 0.1) is 28.8 Å². The molecule has 2 rings (SSSR count). The van der Waals surface area contributed by atoms with Gasteiger partial charge in [0.1, 0.15) is 0 Å². The SMILES string of the molecule is C=Nc1ccccc1N(C)c1cncc(C(N)=O)c1. The van der Waals surface area contributed by atoms with Crippen LogP contribution in [-0.4, -0.2) is 24.7 Å². The Morgan fingerprint density at radius 1 is 1.37 bits per heavy atom. The molecule has 1 aromatic carbocycles. The molecule has 0 fully saturated rings. The van der Waals surface area contributed by atoms with Crippen molar-refractivity contribution in [3.05, 3.63) is 48.3 Å². The van der Waals surface area contributed by atoms with Crippen LogP contribution in [0.1, 0.15) is 10.4 Å². The maximum atomic E-state index is 11.2. The number of benzene rings is 1. The molecule has 0 bridgehead atoms. The van der Waals surface area contributed by atoms with E-state index in [2.05, 4.69) is 16.7 Å². The van der Waals surface area contributed by atoms with Gasteiger partial charge in [-0.25, -0.2) is 0 Å². The maximum Gasteiger partial charge on any atom is 0.250 e. The molecule has 0 spiro atoms. The minimum atomic E-state index is -0.502. The summed E-state index contributed by atoms with van der Waals surface area (Å²) in [5.41, 5.74) is 8.01. The number of primary amides is 1. The number of nitrogens with zero attached hydrogens (tertiary/aromatic N) is 3. The van der Waals surface area contributed by atoms with E-state index in [0.29, 0.717) is 5.56 Å². The number of rotatable bonds is 4. The van der Waals surface area contributed by atoms with E-state index in [1.54, 1.807) is 12.3 Å². The second-order valence-corrected chi connectivity index (χ2v) is 4.00. The summed E-state index contributed by atoms with van der Waals surface area (Å²) in [4.78, 5) is 21.0. The number of nitrogens with two attached hydrogens (primary N) is 1. The highest BCUT2D eigenvalue weighted by molar-refractivity contribution is 5.93. The fourth-order valence-electron chi connectivity index (χ4n) is 1.77. The number of para-hydroxylation sites is 2. The Morgan fingerprint density at radius 3 is 2.79 bits per heavy atom. The van der Waals surface area contributed by atoms with Crippen LogP contribution in [0.3, 0.4) is 0 Å². The zero-order valence-electron chi connectivity index (χ0n) is 10.6. The van der Waals surface area contributed by atoms with E-state index in [1.165, 1.54) is 6.20 Å². The van der Waals surface area contributed by atoms with Crippen molar-refractivity contribution < 1.29 is 4.79 Å². The monoisotopic (exact) mass is 254 g/mol. The van der Waals surface area contributed by atoms with Crippen molar-refractivity contribution in [1.82, 2.24) is 4.98 Å². The number of hydrogen-bond acceptors (Lipinski definition) is 4. The minimum absolute atomic E-state index is 0.369. The van der Waals surface area contributed by atoms with E-state index in [0.717, 1.165) is 17.1 Å².